The zero-order valence-corrected chi connectivity index (χ0v) is 30.4. The van der Waals surface area contributed by atoms with Crippen LogP contribution in [0.5, 0.6) is 0 Å². The van der Waals surface area contributed by atoms with Crippen molar-refractivity contribution in [2.45, 2.75) is 71.8 Å². The first kappa shape index (κ1) is 33.9. The van der Waals surface area contributed by atoms with Gasteiger partial charge in [0.2, 0.25) is 0 Å². The van der Waals surface area contributed by atoms with Crippen LogP contribution in [0.3, 0.4) is 0 Å². The summed E-state index contributed by atoms with van der Waals surface area (Å²) in [6.45, 7) is 14.5. The molecular weight excluding hydrogens is 644 g/mol. The minimum atomic E-state index is -0.259. The molecule has 0 radical (unpaired) electrons. The molecular formula is C39H50N8O4. The quantitative estimate of drug-likeness (QED) is 0.375. The molecule has 0 saturated carbocycles. The van der Waals surface area contributed by atoms with E-state index in [9.17, 15) is 9.90 Å². The zero-order chi connectivity index (χ0) is 35.4. The molecule has 3 aromatic rings. The van der Waals surface area contributed by atoms with Crippen molar-refractivity contribution >= 4 is 28.8 Å². The van der Waals surface area contributed by atoms with Gasteiger partial charge in [-0.1, -0.05) is 13.8 Å². The third-order valence-electron chi connectivity index (χ3n) is 11.1. The fraction of sp³-hybridized carbons (Fsp3) is 0.513. The number of aromatic nitrogens is 3. The van der Waals surface area contributed by atoms with E-state index in [1.165, 1.54) is 11.3 Å². The predicted molar refractivity (Wildman–Crippen MR) is 198 cm³/mol. The molecule has 0 unspecified atom stereocenters. The van der Waals surface area contributed by atoms with Gasteiger partial charge in [0.05, 0.1) is 44.4 Å². The number of carbonyl (C=O) groups excluding carboxylic acids is 1. The number of rotatable bonds is 7. The number of nitrogens with one attached hydrogen (secondary N) is 1. The number of aliphatic hydroxyl groups is 1. The number of amides is 1. The topological polar surface area (TPSA) is 111 Å². The summed E-state index contributed by atoms with van der Waals surface area (Å²) >= 11 is 0. The monoisotopic (exact) mass is 694 g/mol. The van der Waals surface area contributed by atoms with Crippen LogP contribution in [0.25, 0.3) is 5.57 Å². The minimum absolute atomic E-state index is 0.0731. The second-order valence-corrected chi connectivity index (χ2v) is 15.7. The molecule has 51 heavy (non-hydrogen) atoms. The maximum Gasteiger partial charge on any atom is 0.276 e. The first-order valence-electron chi connectivity index (χ1n) is 18.2. The van der Waals surface area contributed by atoms with Crippen molar-refractivity contribution in [3.63, 3.8) is 0 Å². The summed E-state index contributed by atoms with van der Waals surface area (Å²) in [5, 5.41) is 14.3. The maximum atomic E-state index is 14.0. The summed E-state index contributed by atoms with van der Waals surface area (Å²) in [4.78, 5) is 32.2. The van der Waals surface area contributed by atoms with Gasteiger partial charge in [0, 0.05) is 74.7 Å². The van der Waals surface area contributed by atoms with Crippen molar-refractivity contribution in [2.24, 2.45) is 5.41 Å². The van der Waals surface area contributed by atoms with Crippen molar-refractivity contribution in [3.8, 4) is 0 Å². The summed E-state index contributed by atoms with van der Waals surface area (Å²) < 4.78 is 13.6. The number of pyridine rings is 2. The average molecular weight is 695 g/mol. The van der Waals surface area contributed by atoms with Crippen LogP contribution >= 0.6 is 0 Å². The number of anilines is 3. The van der Waals surface area contributed by atoms with Gasteiger partial charge in [-0.05, 0) is 79.1 Å². The Morgan fingerprint density at radius 2 is 1.88 bits per heavy atom. The number of ether oxygens (including phenoxy) is 2. The van der Waals surface area contributed by atoms with E-state index >= 15 is 0 Å². The van der Waals surface area contributed by atoms with E-state index < -0.39 is 0 Å². The van der Waals surface area contributed by atoms with Gasteiger partial charge < -0.3 is 34.3 Å². The second-order valence-electron chi connectivity index (χ2n) is 15.7. The zero-order valence-electron chi connectivity index (χ0n) is 30.4. The number of fused-ring (bicyclic) bond motifs is 3. The number of nitrogens with zero attached hydrogens (tertiary/aromatic N) is 7. The molecule has 12 heteroatoms. The molecule has 2 saturated heterocycles. The van der Waals surface area contributed by atoms with E-state index in [4.69, 9.17) is 14.5 Å². The van der Waals surface area contributed by atoms with Crippen molar-refractivity contribution in [3.05, 3.63) is 82.7 Å². The van der Waals surface area contributed by atoms with Gasteiger partial charge >= 0.3 is 0 Å². The molecule has 1 aliphatic carbocycles. The molecule has 5 aliphatic rings. The van der Waals surface area contributed by atoms with E-state index in [1.54, 1.807) is 11.1 Å². The van der Waals surface area contributed by atoms with E-state index in [-0.39, 0.29) is 17.9 Å². The van der Waals surface area contributed by atoms with Gasteiger partial charge in [0.1, 0.15) is 24.1 Å². The van der Waals surface area contributed by atoms with Gasteiger partial charge in [-0.25, -0.2) is 9.97 Å². The summed E-state index contributed by atoms with van der Waals surface area (Å²) in [6.07, 6.45) is 9.67. The van der Waals surface area contributed by atoms with Gasteiger partial charge in [-0.15, -0.1) is 0 Å². The van der Waals surface area contributed by atoms with Crippen molar-refractivity contribution in [1.82, 2.24) is 24.3 Å². The molecule has 8 rings (SSSR count). The third kappa shape index (κ3) is 6.43. The highest BCUT2D eigenvalue weighted by Crippen LogP contribution is 2.40. The number of carbonyl (C=O) groups is 1. The van der Waals surface area contributed by atoms with Crippen LogP contribution < -0.4 is 15.1 Å². The molecule has 1 amide bonds. The van der Waals surface area contributed by atoms with Crippen LogP contribution in [-0.4, -0.2) is 107 Å². The van der Waals surface area contributed by atoms with E-state index in [2.05, 4.69) is 64.5 Å². The second kappa shape index (κ2) is 13.4. The molecule has 3 aromatic heterocycles. The molecule has 2 fully saturated rings. The van der Waals surface area contributed by atoms with Crippen LogP contribution in [0.4, 0.5) is 17.3 Å². The smallest absolute Gasteiger partial charge is 0.276 e. The Hall–Kier alpha value is -4.23. The molecule has 0 bridgehead atoms. The van der Waals surface area contributed by atoms with E-state index in [0.29, 0.717) is 61.6 Å². The summed E-state index contributed by atoms with van der Waals surface area (Å²) in [7, 11) is 1.96. The molecule has 0 spiro atoms. The van der Waals surface area contributed by atoms with Crippen LogP contribution in [0.2, 0.25) is 0 Å². The Balaban J connectivity index is 1.03. The van der Waals surface area contributed by atoms with Gasteiger partial charge in [0.25, 0.3) is 5.91 Å². The fourth-order valence-corrected chi connectivity index (χ4v) is 8.54. The lowest BCUT2D eigenvalue weighted by molar-refractivity contribution is -0.0828. The Kier molecular flexibility index (Phi) is 8.90. The number of piperazine rings is 1. The molecule has 2 atom stereocenters. The van der Waals surface area contributed by atoms with Gasteiger partial charge in [-0.2, -0.15) is 0 Å². The highest BCUT2D eigenvalue weighted by Gasteiger charge is 2.38. The molecule has 0 aromatic carbocycles. The van der Waals surface area contributed by atoms with Gasteiger partial charge in [-0.3, -0.25) is 14.6 Å². The standard InChI is InChI=1S/C39H50N8O4/c1-25-18-47(31-22-50-23-31)26(2)17-46(25)30-6-7-36(41-16-30)42-29-12-28(19-43(5)24-51-21-29)32-8-9-40-37(33(32)20-48)45-11-10-44-34(38(45)49)13-27-14-39(3,4)15-35(27)44/h6-9,12-13,16,19,25-26,31,48H,10-11,14-15,17-18,20-24H2,1-5H3,(H,41,42)/b28-19+,29-12+/t25-,26+/m0/s1. The number of aliphatic hydroxyl groups excluding tert-OH is 1. The molecule has 2 N–H and O–H groups in total. The van der Waals surface area contributed by atoms with E-state index in [1.807, 2.05) is 42.6 Å². The Labute approximate surface area is 300 Å². The first-order valence-corrected chi connectivity index (χ1v) is 18.2. The maximum absolute atomic E-state index is 14.0. The lowest BCUT2D eigenvalue weighted by atomic mass is 9.90. The summed E-state index contributed by atoms with van der Waals surface area (Å²) in [5.41, 5.74) is 7.73. The minimum Gasteiger partial charge on any atom is -0.392 e. The SMILES string of the molecule is C[C@@H]1CN(c2ccc(N/C3=C/C(c4ccnc(N5CCn6c(cc7c6CC(C)(C)C7)C5=O)c4CO)=C\N(C)COC3)nc2)[C@@H](C)CN1C1COC1. The molecule has 7 heterocycles. The van der Waals surface area contributed by atoms with E-state index in [0.717, 1.165) is 67.5 Å². The van der Waals surface area contributed by atoms with Crippen molar-refractivity contribution in [2.75, 3.05) is 68.4 Å². The molecule has 4 aliphatic heterocycles. The lowest BCUT2D eigenvalue weighted by Gasteiger charge is -2.50. The predicted octanol–water partition coefficient (Wildman–Crippen LogP) is 4.11. The van der Waals surface area contributed by atoms with Crippen molar-refractivity contribution in [1.29, 1.82) is 0 Å². The average Bonchev–Trinajstić information content (AvgIpc) is 3.56. The Morgan fingerprint density at radius 3 is 2.63 bits per heavy atom. The highest BCUT2D eigenvalue weighted by atomic mass is 16.5. The van der Waals surface area contributed by atoms with Crippen LogP contribution in [-0.2, 0) is 35.5 Å². The van der Waals surface area contributed by atoms with Crippen molar-refractivity contribution < 1.29 is 19.4 Å². The highest BCUT2D eigenvalue weighted by molar-refractivity contribution is 6.06. The largest absolute Gasteiger partial charge is 0.392 e. The van der Waals surface area contributed by atoms with Crippen LogP contribution in [0.1, 0.15) is 60.6 Å². The Morgan fingerprint density at radius 1 is 1.04 bits per heavy atom. The summed E-state index contributed by atoms with van der Waals surface area (Å²) in [5.74, 6) is 1.15. The Bertz CT molecular complexity index is 1860. The number of allylic oxidation sites excluding steroid dienone is 2. The number of hydrogen-bond acceptors (Lipinski definition) is 10. The van der Waals surface area contributed by atoms with Crippen LogP contribution in [0.15, 0.2) is 54.6 Å². The van der Waals surface area contributed by atoms with Crippen LogP contribution in [0, 0.1) is 5.41 Å². The number of hydrogen-bond donors (Lipinski definition) is 2. The summed E-state index contributed by atoms with van der Waals surface area (Å²) in [6, 6.07) is 9.49. The first-order chi connectivity index (χ1) is 24.6. The molecule has 12 nitrogen and oxygen atoms in total. The lowest BCUT2D eigenvalue weighted by Crippen LogP contribution is -2.63. The normalized spacial score (nSPS) is 26.0. The molecule has 270 valence electrons. The third-order valence-corrected chi connectivity index (χ3v) is 11.1. The fourth-order valence-electron chi connectivity index (χ4n) is 8.54. The van der Waals surface area contributed by atoms with Gasteiger partial charge in [0.15, 0.2) is 0 Å².